The second-order valence-electron chi connectivity index (χ2n) is 3.45. The lowest BCUT2D eigenvalue weighted by atomic mass is 10.0. The smallest absolute Gasteiger partial charge is 0.0956 e. The van der Waals surface area contributed by atoms with E-state index in [0.717, 1.165) is 0 Å². The van der Waals surface area contributed by atoms with Crippen molar-refractivity contribution in [1.82, 2.24) is 9.55 Å². The largest absolute Gasteiger partial charge is 0.323 e. The summed E-state index contributed by atoms with van der Waals surface area (Å²) >= 11 is 0. The standard InChI is InChI=1S/C11H10N2/c1-8-9-4-2-3-5-10(9)11-6-12-7-13(8)11/h2-8H,1H3/t8-/m1/s1. The van der Waals surface area contributed by atoms with Crippen molar-refractivity contribution in [3.63, 3.8) is 0 Å². The van der Waals surface area contributed by atoms with Gasteiger partial charge in [-0.1, -0.05) is 24.3 Å². The third kappa shape index (κ3) is 0.750. The summed E-state index contributed by atoms with van der Waals surface area (Å²) < 4.78 is 2.21. The summed E-state index contributed by atoms with van der Waals surface area (Å²) in [6, 6.07) is 8.96. The Morgan fingerprint density at radius 3 is 3.08 bits per heavy atom. The molecule has 0 bridgehead atoms. The lowest BCUT2D eigenvalue weighted by molar-refractivity contribution is 0.671. The molecule has 0 N–H and O–H groups in total. The van der Waals surface area contributed by atoms with Crippen molar-refractivity contribution in [2.45, 2.75) is 13.0 Å². The number of imidazole rings is 1. The monoisotopic (exact) mass is 170 g/mol. The van der Waals surface area contributed by atoms with Crippen molar-refractivity contribution in [1.29, 1.82) is 0 Å². The van der Waals surface area contributed by atoms with Crippen LogP contribution in [0.1, 0.15) is 18.5 Å². The maximum Gasteiger partial charge on any atom is 0.0956 e. The maximum atomic E-state index is 4.16. The second kappa shape index (κ2) is 2.22. The first-order chi connectivity index (χ1) is 6.38. The van der Waals surface area contributed by atoms with E-state index in [1.807, 2.05) is 12.5 Å². The molecule has 0 aliphatic carbocycles. The molecule has 0 saturated carbocycles. The molecule has 0 unspecified atom stereocenters. The highest BCUT2D eigenvalue weighted by Crippen LogP contribution is 2.38. The SMILES string of the molecule is C[C@@H]1c2ccccc2-c2cncn21. The van der Waals surface area contributed by atoms with Gasteiger partial charge in [-0.3, -0.25) is 0 Å². The maximum absolute atomic E-state index is 4.16. The topological polar surface area (TPSA) is 17.8 Å². The van der Waals surface area contributed by atoms with Crippen LogP contribution >= 0.6 is 0 Å². The summed E-state index contributed by atoms with van der Waals surface area (Å²) in [4.78, 5) is 4.16. The molecule has 1 atom stereocenters. The third-order valence-electron chi connectivity index (χ3n) is 2.77. The number of hydrogen-bond donors (Lipinski definition) is 0. The molecule has 1 aromatic carbocycles. The number of rotatable bonds is 0. The predicted octanol–water partition coefficient (Wildman–Crippen LogP) is 2.47. The van der Waals surface area contributed by atoms with Crippen LogP contribution in [0.2, 0.25) is 0 Å². The highest BCUT2D eigenvalue weighted by molar-refractivity contribution is 5.68. The summed E-state index contributed by atoms with van der Waals surface area (Å²) in [6.45, 7) is 2.21. The molecule has 0 spiro atoms. The number of fused-ring (bicyclic) bond motifs is 3. The van der Waals surface area contributed by atoms with Crippen molar-refractivity contribution in [2.24, 2.45) is 0 Å². The minimum atomic E-state index is 0.439. The molecule has 1 aromatic heterocycles. The van der Waals surface area contributed by atoms with Crippen LogP contribution in [-0.2, 0) is 0 Å². The van der Waals surface area contributed by atoms with Gasteiger partial charge in [0.1, 0.15) is 0 Å². The number of aromatic nitrogens is 2. The Morgan fingerprint density at radius 2 is 2.15 bits per heavy atom. The lowest BCUT2D eigenvalue weighted by Crippen LogP contribution is -1.98. The van der Waals surface area contributed by atoms with Crippen molar-refractivity contribution in [3.05, 3.63) is 42.4 Å². The number of nitrogens with zero attached hydrogens (tertiary/aromatic N) is 2. The van der Waals surface area contributed by atoms with Gasteiger partial charge in [-0.25, -0.2) is 4.98 Å². The van der Waals surface area contributed by atoms with Crippen LogP contribution in [0, 0.1) is 0 Å². The molecule has 1 aliphatic heterocycles. The van der Waals surface area contributed by atoms with E-state index in [1.54, 1.807) is 0 Å². The van der Waals surface area contributed by atoms with Crippen LogP contribution in [-0.4, -0.2) is 9.55 Å². The van der Waals surface area contributed by atoms with Crippen LogP contribution in [0.4, 0.5) is 0 Å². The molecule has 13 heavy (non-hydrogen) atoms. The van der Waals surface area contributed by atoms with Crippen molar-refractivity contribution < 1.29 is 0 Å². The van der Waals surface area contributed by atoms with Crippen molar-refractivity contribution >= 4 is 0 Å². The first-order valence-electron chi connectivity index (χ1n) is 4.49. The Kier molecular flexibility index (Phi) is 1.18. The summed E-state index contributed by atoms with van der Waals surface area (Å²) in [5.74, 6) is 0. The predicted molar refractivity (Wildman–Crippen MR) is 51.5 cm³/mol. The fourth-order valence-electron chi connectivity index (χ4n) is 2.07. The lowest BCUT2D eigenvalue weighted by Gasteiger charge is -2.06. The van der Waals surface area contributed by atoms with Gasteiger partial charge < -0.3 is 4.57 Å². The van der Waals surface area contributed by atoms with Gasteiger partial charge in [0.15, 0.2) is 0 Å². The van der Waals surface area contributed by atoms with E-state index < -0.39 is 0 Å². The van der Waals surface area contributed by atoms with E-state index in [2.05, 4.69) is 40.7 Å². The average molecular weight is 170 g/mol. The quantitative estimate of drug-likeness (QED) is 0.594. The molecule has 1 aliphatic rings. The minimum Gasteiger partial charge on any atom is -0.323 e. The van der Waals surface area contributed by atoms with E-state index in [-0.39, 0.29) is 0 Å². The average Bonchev–Trinajstić information content (AvgIpc) is 2.72. The number of benzene rings is 1. The van der Waals surface area contributed by atoms with Gasteiger partial charge in [0.25, 0.3) is 0 Å². The molecule has 3 rings (SSSR count). The third-order valence-corrected chi connectivity index (χ3v) is 2.77. The highest BCUT2D eigenvalue weighted by Gasteiger charge is 2.23. The van der Waals surface area contributed by atoms with Crippen molar-refractivity contribution in [2.75, 3.05) is 0 Å². The molecule has 2 heteroatoms. The Bertz CT molecular complexity index is 457. The summed E-state index contributed by atoms with van der Waals surface area (Å²) in [7, 11) is 0. The molecule has 2 heterocycles. The van der Waals surface area contributed by atoms with E-state index >= 15 is 0 Å². The van der Waals surface area contributed by atoms with Crippen LogP contribution in [0.25, 0.3) is 11.3 Å². The van der Waals surface area contributed by atoms with E-state index in [0.29, 0.717) is 6.04 Å². The molecular weight excluding hydrogens is 160 g/mol. The normalized spacial score (nSPS) is 18.4. The van der Waals surface area contributed by atoms with Crippen LogP contribution in [0.15, 0.2) is 36.8 Å². The fourth-order valence-corrected chi connectivity index (χ4v) is 2.07. The van der Waals surface area contributed by atoms with Gasteiger partial charge in [0, 0.05) is 5.56 Å². The molecule has 0 saturated heterocycles. The fraction of sp³-hybridized carbons (Fsp3) is 0.182. The zero-order valence-corrected chi connectivity index (χ0v) is 7.44. The Morgan fingerprint density at radius 1 is 1.31 bits per heavy atom. The molecular formula is C11H10N2. The van der Waals surface area contributed by atoms with E-state index in [4.69, 9.17) is 0 Å². The molecule has 0 amide bonds. The Balaban J connectivity index is 2.37. The molecule has 64 valence electrons. The van der Waals surface area contributed by atoms with Gasteiger partial charge in [0.2, 0.25) is 0 Å². The number of hydrogen-bond acceptors (Lipinski definition) is 1. The molecule has 2 nitrogen and oxygen atoms in total. The van der Waals surface area contributed by atoms with Crippen LogP contribution in [0.5, 0.6) is 0 Å². The molecule has 2 aromatic rings. The Labute approximate surface area is 76.9 Å². The minimum absolute atomic E-state index is 0.439. The van der Waals surface area contributed by atoms with Crippen LogP contribution in [0.3, 0.4) is 0 Å². The molecule has 0 fully saturated rings. The summed E-state index contributed by atoms with van der Waals surface area (Å²) in [5, 5.41) is 0. The zero-order chi connectivity index (χ0) is 8.84. The van der Waals surface area contributed by atoms with Gasteiger partial charge in [0.05, 0.1) is 24.3 Å². The Hall–Kier alpha value is -1.57. The van der Waals surface area contributed by atoms with Crippen molar-refractivity contribution in [3.8, 4) is 11.3 Å². The zero-order valence-electron chi connectivity index (χ0n) is 7.44. The summed E-state index contributed by atoms with van der Waals surface area (Å²) in [6.07, 6.45) is 3.84. The highest BCUT2D eigenvalue weighted by atomic mass is 15.1. The van der Waals surface area contributed by atoms with Gasteiger partial charge in [-0.15, -0.1) is 0 Å². The first kappa shape index (κ1) is 6.89. The van der Waals surface area contributed by atoms with E-state index in [9.17, 15) is 0 Å². The van der Waals surface area contributed by atoms with Gasteiger partial charge >= 0.3 is 0 Å². The molecule has 0 radical (unpaired) electrons. The van der Waals surface area contributed by atoms with Crippen LogP contribution < -0.4 is 0 Å². The summed E-state index contributed by atoms with van der Waals surface area (Å²) in [5.41, 5.74) is 3.97. The van der Waals surface area contributed by atoms with Gasteiger partial charge in [-0.05, 0) is 12.5 Å². The second-order valence-corrected chi connectivity index (χ2v) is 3.45. The van der Waals surface area contributed by atoms with Gasteiger partial charge in [-0.2, -0.15) is 0 Å². The van der Waals surface area contributed by atoms with E-state index in [1.165, 1.54) is 16.8 Å². The first-order valence-corrected chi connectivity index (χ1v) is 4.49.